The molecule has 0 aliphatic heterocycles. The van der Waals surface area contributed by atoms with Gasteiger partial charge >= 0.3 is 5.97 Å². The zero-order valence-electron chi connectivity index (χ0n) is 6.11. The van der Waals surface area contributed by atoms with Crippen LogP contribution in [-0.4, -0.2) is 28.3 Å². The Bertz CT molecular complexity index is 124. The maximum Gasteiger partial charge on any atom is 0.307 e. The third-order valence-corrected chi connectivity index (χ3v) is 1.52. The Morgan fingerprint density at radius 1 is 1.50 bits per heavy atom. The Kier molecular flexibility index (Phi) is 3.32. The van der Waals surface area contributed by atoms with E-state index in [1.54, 1.807) is 0 Å². The molecule has 4 nitrogen and oxygen atoms in total. The van der Waals surface area contributed by atoms with Crippen LogP contribution in [0.25, 0.3) is 0 Å². The van der Waals surface area contributed by atoms with Crippen molar-refractivity contribution in [1.82, 2.24) is 0 Å². The molecule has 0 rings (SSSR count). The zero-order valence-corrected chi connectivity index (χ0v) is 6.11. The van der Waals surface area contributed by atoms with E-state index in [1.165, 1.54) is 13.8 Å². The lowest BCUT2D eigenvalue weighted by atomic mass is 9.99. The molecule has 60 valence electrons. The normalized spacial score (nSPS) is 19.6. The van der Waals surface area contributed by atoms with E-state index in [0.717, 1.165) is 0 Å². The molecule has 0 radical (unpaired) electrons. The molecule has 4 heteroatoms. The van der Waals surface area contributed by atoms with Gasteiger partial charge in [-0.15, -0.1) is 0 Å². The lowest BCUT2D eigenvalue weighted by Gasteiger charge is -2.18. The van der Waals surface area contributed by atoms with Gasteiger partial charge in [-0.1, -0.05) is 6.92 Å². The van der Waals surface area contributed by atoms with Crippen molar-refractivity contribution in [2.24, 2.45) is 11.7 Å². The van der Waals surface area contributed by atoms with Gasteiger partial charge in [0.15, 0.2) is 0 Å². The van der Waals surface area contributed by atoms with E-state index in [1.807, 2.05) is 0 Å². The van der Waals surface area contributed by atoms with Crippen LogP contribution in [0.15, 0.2) is 0 Å². The maximum atomic E-state index is 10.3. The van der Waals surface area contributed by atoms with Crippen molar-refractivity contribution >= 4 is 5.97 Å². The summed E-state index contributed by atoms with van der Waals surface area (Å²) in [7, 11) is 0. The maximum absolute atomic E-state index is 10.3. The van der Waals surface area contributed by atoms with Crippen molar-refractivity contribution in [3.05, 3.63) is 0 Å². The number of hydrogen-bond donors (Lipinski definition) is 3. The second-order valence-electron chi connectivity index (χ2n) is 2.44. The Balaban J connectivity index is 3.94. The molecule has 3 unspecified atom stereocenters. The van der Waals surface area contributed by atoms with E-state index in [-0.39, 0.29) is 0 Å². The molecule has 0 heterocycles. The molecule has 0 aromatic heterocycles. The first-order valence-electron chi connectivity index (χ1n) is 3.13. The van der Waals surface area contributed by atoms with Crippen LogP contribution in [0.3, 0.4) is 0 Å². The molecule has 0 aromatic carbocycles. The number of aliphatic carboxylic acids is 1. The molecule has 0 aromatic rings. The second-order valence-corrected chi connectivity index (χ2v) is 2.44. The predicted octanol–water partition coefficient (Wildman–Crippen LogP) is -0.585. The number of carbonyl (C=O) groups is 1. The summed E-state index contributed by atoms with van der Waals surface area (Å²) in [5.41, 5.74) is 5.33. The minimum atomic E-state index is -0.978. The van der Waals surface area contributed by atoms with Crippen molar-refractivity contribution < 1.29 is 15.0 Å². The molecule has 0 spiro atoms. The minimum absolute atomic E-state index is 0.683. The molecule has 4 N–H and O–H groups in total. The second kappa shape index (κ2) is 3.53. The van der Waals surface area contributed by atoms with Gasteiger partial charge in [0.05, 0.1) is 12.0 Å². The van der Waals surface area contributed by atoms with Gasteiger partial charge in [-0.25, -0.2) is 0 Å². The largest absolute Gasteiger partial charge is 0.481 e. The summed E-state index contributed by atoms with van der Waals surface area (Å²) < 4.78 is 0. The molecule has 0 saturated carbocycles. The monoisotopic (exact) mass is 147 g/mol. The molecule has 3 atom stereocenters. The fraction of sp³-hybridized carbons (Fsp3) is 0.833. The first-order chi connectivity index (χ1) is 4.46. The number of hydrogen-bond acceptors (Lipinski definition) is 3. The number of aliphatic hydroxyl groups is 1. The minimum Gasteiger partial charge on any atom is -0.481 e. The molecule has 0 saturated heterocycles. The number of aliphatic hydroxyl groups excluding tert-OH is 1. The third kappa shape index (κ3) is 2.33. The van der Waals surface area contributed by atoms with Crippen LogP contribution in [0, 0.1) is 5.92 Å². The van der Waals surface area contributed by atoms with Gasteiger partial charge in [-0.2, -0.15) is 0 Å². The summed E-state index contributed by atoms with van der Waals surface area (Å²) in [5, 5.41) is 17.3. The van der Waals surface area contributed by atoms with E-state index in [4.69, 9.17) is 15.9 Å². The van der Waals surface area contributed by atoms with Crippen LogP contribution in [0.5, 0.6) is 0 Å². The molecule has 10 heavy (non-hydrogen) atoms. The van der Waals surface area contributed by atoms with Crippen LogP contribution < -0.4 is 5.73 Å². The Labute approximate surface area is 59.7 Å². The summed E-state index contributed by atoms with van der Waals surface area (Å²) in [6.45, 7) is 2.95. The van der Waals surface area contributed by atoms with Crippen molar-refractivity contribution in [3.63, 3.8) is 0 Å². The van der Waals surface area contributed by atoms with E-state index in [9.17, 15) is 4.79 Å². The smallest absolute Gasteiger partial charge is 0.307 e. The van der Waals surface area contributed by atoms with Gasteiger partial charge in [-0.3, -0.25) is 4.79 Å². The lowest BCUT2D eigenvalue weighted by Crippen LogP contribution is -2.41. The van der Waals surface area contributed by atoms with Crippen molar-refractivity contribution in [2.45, 2.75) is 26.0 Å². The summed E-state index contributed by atoms with van der Waals surface area (Å²) in [6.07, 6.45) is -0.772. The van der Waals surface area contributed by atoms with Gasteiger partial charge in [0, 0.05) is 6.04 Å². The Hall–Kier alpha value is -0.610. The highest BCUT2D eigenvalue weighted by Gasteiger charge is 2.23. The van der Waals surface area contributed by atoms with Gasteiger partial charge in [0.1, 0.15) is 0 Å². The average molecular weight is 147 g/mol. The molecular weight excluding hydrogens is 134 g/mol. The van der Waals surface area contributed by atoms with Crippen LogP contribution in [-0.2, 0) is 4.79 Å². The summed E-state index contributed by atoms with van der Waals surface area (Å²) >= 11 is 0. The highest BCUT2D eigenvalue weighted by atomic mass is 16.4. The van der Waals surface area contributed by atoms with Gasteiger partial charge in [-0.05, 0) is 6.92 Å². The first kappa shape index (κ1) is 9.39. The fourth-order valence-corrected chi connectivity index (χ4v) is 0.582. The molecule has 0 fully saturated rings. The molecule has 0 bridgehead atoms. The fourth-order valence-electron chi connectivity index (χ4n) is 0.582. The topological polar surface area (TPSA) is 83.5 Å². The quantitative estimate of drug-likeness (QED) is 0.498. The van der Waals surface area contributed by atoms with Crippen LogP contribution >= 0.6 is 0 Å². The summed E-state index contributed by atoms with van der Waals surface area (Å²) in [4.78, 5) is 10.3. The first-order valence-corrected chi connectivity index (χ1v) is 3.13. The Morgan fingerprint density at radius 2 is 1.90 bits per heavy atom. The van der Waals surface area contributed by atoms with Gasteiger partial charge in [0.25, 0.3) is 0 Å². The number of carboxylic acid groups (broad SMARTS) is 1. The molecule has 0 amide bonds. The standard InChI is InChI=1S/C6H13NO3/c1-3(6(9)10)5(7)4(2)8/h3-5,8H,7H2,1-2H3,(H,9,10). The van der Waals surface area contributed by atoms with Crippen molar-refractivity contribution in [3.8, 4) is 0 Å². The van der Waals surface area contributed by atoms with E-state index in [0.29, 0.717) is 0 Å². The summed E-state index contributed by atoms with van der Waals surface area (Å²) in [5.74, 6) is -1.67. The van der Waals surface area contributed by atoms with Crippen molar-refractivity contribution in [1.29, 1.82) is 0 Å². The summed E-state index contributed by atoms with van der Waals surface area (Å²) in [6, 6.07) is -0.683. The number of carboxylic acids is 1. The van der Waals surface area contributed by atoms with Crippen LogP contribution in [0.4, 0.5) is 0 Å². The van der Waals surface area contributed by atoms with E-state index >= 15 is 0 Å². The zero-order chi connectivity index (χ0) is 8.31. The van der Waals surface area contributed by atoms with Gasteiger partial charge < -0.3 is 15.9 Å². The van der Waals surface area contributed by atoms with Crippen LogP contribution in [0.1, 0.15) is 13.8 Å². The van der Waals surface area contributed by atoms with Gasteiger partial charge in [0.2, 0.25) is 0 Å². The SMILES string of the molecule is CC(O)C(N)C(C)C(=O)O. The highest BCUT2D eigenvalue weighted by molar-refractivity contribution is 5.70. The number of nitrogens with two attached hydrogens (primary N) is 1. The van der Waals surface area contributed by atoms with E-state index in [2.05, 4.69) is 0 Å². The van der Waals surface area contributed by atoms with Crippen LogP contribution in [0.2, 0.25) is 0 Å². The molecular formula is C6H13NO3. The Morgan fingerprint density at radius 3 is 2.00 bits per heavy atom. The third-order valence-electron chi connectivity index (χ3n) is 1.52. The molecule has 0 aliphatic carbocycles. The predicted molar refractivity (Wildman–Crippen MR) is 36.5 cm³/mol. The highest BCUT2D eigenvalue weighted by Crippen LogP contribution is 2.03. The lowest BCUT2D eigenvalue weighted by molar-refractivity contribution is -0.142. The number of rotatable bonds is 3. The molecule has 0 aliphatic rings. The average Bonchev–Trinajstić information content (AvgIpc) is 1.84. The van der Waals surface area contributed by atoms with E-state index < -0.39 is 24.0 Å². The van der Waals surface area contributed by atoms with Crippen molar-refractivity contribution in [2.75, 3.05) is 0 Å².